The molecule has 7 nitrogen and oxygen atoms in total. The van der Waals surface area contributed by atoms with E-state index in [0.717, 1.165) is 27.5 Å². The molecular weight excluding hydrogens is 510 g/mol. The Bertz CT molecular complexity index is 1310. The van der Waals surface area contributed by atoms with E-state index >= 15 is 0 Å². The Morgan fingerprint density at radius 2 is 1.59 bits per heavy atom. The normalized spacial score (nSPS) is 12.9. The lowest BCUT2D eigenvalue weighted by molar-refractivity contribution is -0.140. The van der Waals surface area contributed by atoms with Crippen LogP contribution in [0.25, 0.3) is 10.8 Å². The molecule has 0 saturated heterocycles. The number of benzene rings is 3. The van der Waals surface area contributed by atoms with Crippen molar-refractivity contribution in [1.29, 1.82) is 0 Å². The van der Waals surface area contributed by atoms with Gasteiger partial charge in [0.2, 0.25) is 5.91 Å². The second-order valence-electron chi connectivity index (χ2n) is 10.7. The topological polar surface area (TPSA) is 87.7 Å². The summed E-state index contributed by atoms with van der Waals surface area (Å²) in [6.45, 7) is 11.4. The summed E-state index contributed by atoms with van der Waals surface area (Å²) in [5, 5.41) is 7.75. The molecule has 2 atom stereocenters. The molecule has 2 unspecified atom stereocenters. The number of alkyl carbamates (subject to hydrolysis) is 1. The minimum Gasteiger partial charge on any atom is -0.444 e. The number of rotatable bonds is 9. The molecule has 0 heterocycles. The maximum Gasteiger partial charge on any atom is 0.408 e. The molecule has 0 aliphatic heterocycles. The van der Waals surface area contributed by atoms with Crippen LogP contribution in [0.4, 0.5) is 10.5 Å². The van der Waals surface area contributed by atoms with E-state index in [1.54, 1.807) is 25.7 Å². The van der Waals surface area contributed by atoms with Crippen molar-refractivity contribution < 1.29 is 19.1 Å². The van der Waals surface area contributed by atoms with Gasteiger partial charge in [0.25, 0.3) is 5.91 Å². The zero-order chi connectivity index (χ0) is 28.7. The number of ether oxygens (including phenoxy) is 1. The second kappa shape index (κ2) is 13.0. The van der Waals surface area contributed by atoms with Crippen molar-refractivity contribution >= 4 is 47.0 Å². The van der Waals surface area contributed by atoms with Crippen LogP contribution in [0.2, 0.25) is 0 Å². The molecule has 0 aliphatic rings. The van der Waals surface area contributed by atoms with Gasteiger partial charge in [0, 0.05) is 18.0 Å². The standard InChI is InChI=1S/C31H39N3O4S/c1-7-17-34(29(36)25(19-39)33-30(37)38-31(4,5)6)27(26-20(2)11-10-12-21(26)3)28(35)32-24-16-15-22-13-8-9-14-23(22)18-24/h8-16,18,25,27,39H,7,17,19H2,1-6H3,(H,32,35)(H,33,37). The van der Waals surface area contributed by atoms with E-state index < -0.39 is 29.7 Å². The molecular formula is C31H39N3O4S. The van der Waals surface area contributed by atoms with Gasteiger partial charge in [0.15, 0.2) is 0 Å². The third-order valence-electron chi connectivity index (χ3n) is 6.31. The first kappa shape index (κ1) is 30.0. The minimum absolute atomic E-state index is 0.0457. The predicted octanol–water partition coefficient (Wildman–Crippen LogP) is 6.20. The average molecular weight is 550 g/mol. The molecule has 8 heteroatoms. The first-order valence-corrected chi connectivity index (χ1v) is 13.8. The van der Waals surface area contributed by atoms with Crippen LogP contribution < -0.4 is 10.6 Å². The van der Waals surface area contributed by atoms with Gasteiger partial charge >= 0.3 is 6.09 Å². The number of nitrogens with one attached hydrogen (secondary N) is 2. The highest BCUT2D eigenvalue weighted by Gasteiger charge is 2.37. The Morgan fingerprint density at radius 1 is 0.949 bits per heavy atom. The van der Waals surface area contributed by atoms with Crippen molar-refractivity contribution in [2.24, 2.45) is 0 Å². The number of nitrogens with zero attached hydrogens (tertiary/aromatic N) is 1. The van der Waals surface area contributed by atoms with Crippen LogP contribution >= 0.6 is 12.6 Å². The Morgan fingerprint density at radius 3 is 2.18 bits per heavy atom. The Labute approximate surface area is 236 Å². The summed E-state index contributed by atoms with van der Waals surface area (Å²) in [5.41, 5.74) is 2.46. The summed E-state index contributed by atoms with van der Waals surface area (Å²) in [6, 6.07) is 17.5. The molecule has 0 spiro atoms. The van der Waals surface area contributed by atoms with Crippen LogP contribution in [0, 0.1) is 13.8 Å². The van der Waals surface area contributed by atoms with Crippen LogP contribution in [0.3, 0.4) is 0 Å². The van der Waals surface area contributed by atoms with Crippen molar-refractivity contribution in [2.75, 3.05) is 17.6 Å². The van der Waals surface area contributed by atoms with Gasteiger partial charge < -0.3 is 20.3 Å². The molecule has 0 radical (unpaired) electrons. The number of hydrogen-bond donors (Lipinski definition) is 3. The maximum absolute atomic E-state index is 14.1. The highest BCUT2D eigenvalue weighted by Crippen LogP contribution is 2.30. The predicted molar refractivity (Wildman–Crippen MR) is 160 cm³/mol. The molecule has 0 aromatic heterocycles. The SMILES string of the molecule is CCCN(C(=O)C(CS)NC(=O)OC(C)(C)C)C(C(=O)Nc1ccc2ccccc2c1)c1c(C)cccc1C. The number of carbonyl (C=O) groups excluding carboxylic acids is 3. The fourth-order valence-corrected chi connectivity index (χ4v) is 4.86. The van der Waals surface area contributed by atoms with Crippen LogP contribution in [0.5, 0.6) is 0 Å². The zero-order valence-electron chi connectivity index (χ0n) is 23.6. The number of amides is 3. The van der Waals surface area contributed by atoms with Gasteiger partial charge in [-0.25, -0.2) is 4.79 Å². The van der Waals surface area contributed by atoms with Gasteiger partial charge in [-0.15, -0.1) is 0 Å². The summed E-state index contributed by atoms with van der Waals surface area (Å²) in [7, 11) is 0. The number of anilines is 1. The highest BCUT2D eigenvalue weighted by atomic mass is 32.1. The number of carbonyl (C=O) groups is 3. The first-order valence-electron chi connectivity index (χ1n) is 13.2. The lowest BCUT2D eigenvalue weighted by atomic mass is 9.93. The van der Waals surface area contributed by atoms with Crippen LogP contribution in [-0.4, -0.2) is 46.7 Å². The number of thiol groups is 1. The van der Waals surface area contributed by atoms with Crippen molar-refractivity contribution in [3.8, 4) is 0 Å². The molecule has 3 aromatic carbocycles. The molecule has 3 amide bonds. The number of aryl methyl sites for hydroxylation is 2. The molecule has 0 fully saturated rings. The van der Waals surface area contributed by atoms with Gasteiger partial charge in [-0.2, -0.15) is 12.6 Å². The summed E-state index contributed by atoms with van der Waals surface area (Å²) in [6.07, 6.45) is -0.0992. The molecule has 208 valence electrons. The maximum atomic E-state index is 14.1. The molecule has 0 aliphatic carbocycles. The van der Waals surface area contributed by atoms with Crippen molar-refractivity contribution in [3.05, 3.63) is 77.4 Å². The van der Waals surface area contributed by atoms with E-state index in [1.165, 1.54) is 0 Å². The molecule has 0 bridgehead atoms. The molecule has 2 N–H and O–H groups in total. The molecule has 3 aromatic rings. The van der Waals surface area contributed by atoms with Gasteiger partial charge in [-0.3, -0.25) is 9.59 Å². The molecule has 3 rings (SSSR count). The fraction of sp³-hybridized carbons (Fsp3) is 0.387. The Balaban J connectivity index is 2.02. The lowest BCUT2D eigenvalue weighted by Gasteiger charge is -2.35. The van der Waals surface area contributed by atoms with Crippen LogP contribution in [0.1, 0.15) is 56.8 Å². The third-order valence-corrected chi connectivity index (χ3v) is 6.68. The van der Waals surface area contributed by atoms with E-state index in [0.29, 0.717) is 18.7 Å². The summed E-state index contributed by atoms with van der Waals surface area (Å²) < 4.78 is 5.37. The average Bonchev–Trinajstić information content (AvgIpc) is 2.87. The van der Waals surface area contributed by atoms with Crippen molar-refractivity contribution in [3.63, 3.8) is 0 Å². The molecule has 39 heavy (non-hydrogen) atoms. The van der Waals surface area contributed by atoms with Gasteiger partial charge in [0.05, 0.1) is 0 Å². The third kappa shape index (κ3) is 7.76. The monoisotopic (exact) mass is 549 g/mol. The second-order valence-corrected chi connectivity index (χ2v) is 11.0. The smallest absolute Gasteiger partial charge is 0.408 e. The number of fused-ring (bicyclic) bond motifs is 1. The summed E-state index contributed by atoms with van der Waals surface area (Å²) in [4.78, 5) is 42.1. The highest BCUT2D eigenvalue weighted by molar-refractivity contribution is 7.80. The summed E-state index contributed by atoms with van der Waals surface area (Å²) in [5.74, 6) is -0.692. The van der Waals surface area contributed by atoms with E-state index in [-0.39, 0.29) is 11.7 Å². The van der Waals surface area contributed by atoms with Crippen LogP contribution in [-0.2, 0) is 14.3 Å². The number of hydrogen-bond acceptors (Lipinski definition) is 5. The van der Waals surface area contributed by atoms with Crippen molar-refractivity contribution in [2.45, 2.75) is 65.6 Å². The molecule has 0 saturated carbocycles. The Hall–Kier alpha value is -3.52. The van der Waals surface area contributed by atoms with Gasteiger partial charge in [-0.1, -0.05) is 55.5 Å². The Kier molecular flexibility index (Phi) is 10.0. The lowest BCUT2D eigenvalue weighted by Crippen LogP contribution is -2.53. The van der Waals surface area contributed by atoms with Gasteiger partial charge in [0.1, 0.15) is 17.7 Å². The van der Waals surface area contributed by atoms with Crippen molar-refractivity contribution in [1.82, 2.24) is 10.2 Å². The van der Waals surface area contributed by atoms with Gasteiger partial charge in [-0.05, 0) is 80.6 Å². The quantitative estimate of drug-likeness (QED) is 0.278. The first-order chi connectivity index (χ1) is 18.4. The summed E-state index contributed by atoms with van der Waals surface area (Å²) >= 11 is 4.35. The van der Waals surface area contributed by atoms with E-state index in [9.17, 15) is 14.4 Å². The van der Waals surface area contributed by atoms with E-state index in [4.69, 9.17) is 4.74 Å². The van der Waals surface area contributed by atoms with E-state index in [2.05, 4.69) is 23.3 Å². The fourth-order valence-electron chi connectivity index (χ4n) is 4.61. The zero-order valence-corrected chi connectivity index (χ0v) is 24.5. The van der Waals surface area contributed by atoms with E-state index in [1.807, 2.05) is 81.4 Å². The van der Waals surface area contributed by atoms with Crippen LogP contribution in [0.15, 0.2) is 60.7 Å². The minimum atomic E-state index is -0.977. The largest absolute Gasteiger partial charge is 0.444 e.